The topological polar surface area (TPSA) is 59.0 Å². The minimum atomic E-state index is -0.0460. The molecule has 3 aromatic heterocycles. The van der Waals surface area contributed by atoms with Gasteiger partial charge in [0.05, 0.1) is 11.4 Å². The minimum Gasteiger partial charge on any atom is -0.274 e. The van der Waals surface area contributed by atoms with E-state index in [1.165, 1.54) is 27.3 Å². The second-order valence-electron chi connectivity index (χ2n) is 7.32. The number of carbonyl (C=O) groups excluding carboxylic acids is 1. The molecule has 4 aromatic rings. The van der Waals surface area contributed by atoms with Gasteiger partial charge in [-0.3, -0.25) is 9.69 Å². The number of anilines is 2. The molecule has 0 N–H and O–H groups in total. The van der Waals surface area contributed by atoms with Crippen LogP contribution in [0.1, 0.15) is 41.4 Å². The highest BCUT2D eigenvalue weighted by molar-refractivity contribution is 7.98. The van der Waals surface area contributed by atoms with Crippen LogP contribution in [0.25, 0.3) is 10.2 Å². The Balaban J connectivity index is 1.57. The first-order chi connectivity index (χ1) is 14.9. The van der Waals surface area contributed by atoms with Crippen LogP contribution >= 0.6 is 34.4 Å². The van der Waals surface area contributed by atoms with Crippen LogP contribution in [0.2, 0.25) is 0 Å². The number of rotatable bonds is 6. The van der Waals surface area contributed by atoms with Gasteiger partial charge >= 0.3 is 0 Å². The molecule has 0 radical (unpaired) electrons. The van der Waals surface area contributed by atoms with Crippen LogP contribution in [0, 0.1) is 20.8 Å². The Bertz CT molecular complexity index is 1240. The van der Waals surface area contributed by atoms with Gasteiger partial charge in [-0.25, -0.2) is 15.0 Å². The number of thiazole rings is 1. The number of carbonyl (C=O) groups is 1. The van der Waals surface area contributed by atoms with Crippen molar-refractivity contribution in [2.75, 3.05) is 4.90 Å². The van der Waals surface area contributed by atoms with Crippen LogP contribution in [-0.4, -0.2) is 20.9 Å². The van der Waals surface area contributed by atoms with Crippen LogP contribution in [0.15, 0.2) is 34.7 Å². The number of benzene rings is 1. The summed E-state index contributed by atoms with van der Waals surface area (Å²) in [7, 11) is 0. The van der Waals surface area contributed by atoms with E-state index in [0.29, 0.717) is 10.9 Å². The van der Waals surface area contributed by atoms with Crippen LogP contribution in [-0.2, 0) is 17.0 Å². The van der Waals surface area contributed by atoms with Crippen molar-refractivity contribution in [1.82, 2.24) is 15.0 Å². The normalized spacial score (nSPS) is 11.3. The van der Waals surface area contributed by atoms with Crippen molar-refractivity contribution in [2.24, 2.45) is 0 Å². The van der Waals surface area contributed by atoms with Gasteiger partial charge in [0.2, 0.25) is 5.91 Å². The summed E-state index contributed by atoms with van der Waals surface area (Å²) in [5, 5.41) is 4.86. The average Bonchev–Trinajstić information content (AvgIpc) is 3.31. The number of aromatic nitrogens is 3. The van der Waals surface area contributed by atoms with E-state index in [-0.39, 0.29) is 5.91 Å². The molecule has 0 aliphatic carbocycles. The fraction of sp³-hybridized carbons (Fsp3) is 0.304. The summed E-state index contributed by atoms with van der Waals surface area (Å²) < 4.78 is 0. The van der Waals surface area contributed by atoms with Crippen molar-refractivity contribution in [3.05, 3.63) is 57.2 Å². The summed E-state index contributed by atoms with van der Waals surface area (Å²) in [6, 6.07) is 8.09. The van der Waals surface area contributed by atoms with Crippen molar-refractivity contribution in [1.29, 1.82) is 0 Å². The van der Waals surface area contributed by atoms with Crippen molar-refractivity contribution >= 4 is 61.4 Å². The Kier molecular flexibility index (Phi) is 6.41. The van der Waals surface area contributed by atoms with Gasteiger partial charge in [0.25, 0.3) is 0 Å². The van der Waals surface area contributed by atoms with Gasteiger partial charge < -0.3 is 0 Å². The van der Waals surface area contributed by atoms with Gasteiger partial charge in [0.1, 0.15) is 15.7 Å². The Morgan fingerprint density at radius 3 is 2.52 bits per heavy atom. The van der Waals surface area contributed by atoms with E-state index in [0.717, 1.165) is 38.9 Å². The van der Waals surface area contributed by atoms with E-state index in [1.54, 1.807) is 34.9 Å². The molecule has 5 nitrogen and oxygen atoms in total. The number of hydrogen-bond donors (Lipinski definition) is 0. The molecule has 0 saturated heterocycles. The Morgan fingerprint density at radius 2 is 1.84 bits per heavy atom. The third-order valence-corrected chi connectivity index (χ3v) is 8.10. The quantitative estimate of drug-likeness (QED) is 0.235. The summed E-state index contributed by atoms with van der Waals surface area (Å²) in [6.45, 7) is 9.89. The molecular formula is C23H24N4OS3. The number of nitrogens with zero attached hydrogens (tertiary/aromatic N) is 4. The van der Waals surface area contributed by atoms with Crippen LogP contribution in [0.4, 0.5) is 10.8 Å². The number of aryl methyl sites for hydroxylation is 4. The van der Waals surface area contributed by atoms with Gasteiger partial charge in [0.15, 0.2) is 5.13 Å². The van der Waals surface area contributed by atoms with Gasteiger partial charge in [-0.2, -0.15) is 0 Å². The van der Waals surface area contributed by atoms with E-state index in [9.17, 15) is 4.79 Å². The number of amides is 1. The standard InChI is InChI=1S/C23H24N4OS3/c1-6-17-7-9-19(10-8-17)27(16(5)28)23-26-18(12-30-23)11-29-21-20-13(2)14(3)31-22(20)25-15(4)24-21/h7-10,12H,6,11H2,1-5H3. The van der Waals surface area contributed by atoms with Crippen molar-refractivity contribution in [2.45, 2.75) is 51.8 Å². The van der Waals surface area contributed by atoms with E-state index >= 15 is 0 Å². The molecule has 1 aromatic carbocycles. The monoisotopic (exact) mass is 468 g/mol. The smallest absolute Gasteiger partial charge is 0.230 e. The van der Waals surface area contributed by atoms with Gasteiger partial charge in [-0.1, -0.05) is 30.8 Å². The second kappa shape index (κ2) is 9.06. The van der Waals surface area contributed by atoms with Gasteiger partial charge in [-0.05, 0) is 50.5 Å². The highest BCUT2D eigenvalue weighted by Gasteiger charge is 2.19. The lowest BCUT2D eigenvalue weighted by Crippen LogP contribution is -2.22. The zero-order valence-corrected chi connectivity index (χ0v) is 20.7. The molecule has 0 atom stereocenters. The molecule has 3 heterocycles. The molecule has 0 spiro atoms. The first kappa shape index (κ1) is 21.9. The summed E-state index contributed by atoms with van der Waals surface area (Å²) in [5.41, 5.74) is 4.28. The number of hydrogen-bond acceptors (Lipinski definition) is 7. The lowest BCUT2D eigenvalue weighted by Gasteiger charge is -2.18. The summed E-state index contributed by atoms with van der Waals surface area (Å²) in [5.74, 6) is 1.43. The molecule has 0 aliphatic heterocycles. The second-order valence-corrected chi connectivity index (χ2v) is 10.3. The lowest BCUT2D eigenvalue weighted by atomic mass is 10.1. The Hall–Kier alpha value is -2.29. The summed E-state index contributed by atoms with van der Waals surface area (Å²) in [4.78, 5) is 30.4. The van der Waals surface area contributed by atoms with Crippen molar-refractivity contribution in [3.63, 3.8) is 0 Å². The highest BCUT2D eigenvalue weighted by Crippen LogP contribution is 2.37. The number of thiophene rings is 1. The summed E-state index contributed by atoms with van der Waals surface area (Å²) >= 11 is 4.88. The van der Waals surface area contributed by atoms with E-state index < -0.39 is 0 Å². The van der Waals surface area contributed by atoms with Gasteiger partial charge in [0, 0.05) is 28.3 Å². The molecule has 0 saturated carbocycles. The molecule has 0 aliphatic rings. The maximum atomic E-state index is 12.4. The maximum absolute atomic E-state index is 12.4. The van der Waals surface area contributed by atoms with E-state index in [4.69, 9.17) is 9.97 Å². The molecule has 0 unspecified atom stereocenters. The fourth-order valence-corrected chi connectivity index (χ4v) is 6.49. The third-order valence-electron chi connectivity index (χ3n) is 5.11. The molecule has 160 valence electrons. The molecule has 4 rings (SSSR count). The minimum absolute atomic E-state index is 0.0460. The van der Waals surface area contributed by atoms with Crippen LogP contribution in [0.5, 0.6) is 0 Å². The zero-order chi connectivity index (χ0) is 22.1. The largest absolute Gasteiger partial charge is 0.274 e. The van der Waals surface area contributed by atoms with Crippen molar-refractivity contribution in [3.8, 4) is 0 Å². The molecule has 31 heavy (non-hydrogen) atoms. The molecule has 8 heteroatoms. The average molecular weight is 469 g/mol. The SMILES string of the molecule is CCc1ccc(N(C(C)=O)c2nc(CSc3nc(C)nc4sc(C)c(C)c34)cs2)cc1. The molecule has 0 bridgehead atoms. The Labute approximate surface area is 194 Å². The first-order valence-corrected chi connectivity index (χ1v) is 12.8. The Morgan fingerprint density at radius 1 is 1.10 bits per heavy atom. The van der Waals surface area contributed by atoms with Crippen LogP contribution in [0.3, 0.4) is 0 Å². The molecule has 1 amide bonds. The van der Waals surface area contributed by atoms with Gasteiger partial charge in [-0.15, -0.1) is 22.7 Å². The highest BCUT2D eigenvalue weighted by atomic mass is 32.2. The molecule has 0 fully saturated rings. The fourth-order valence-electron chi connectivity index (χ4n) is 3.33. The zero-order valence-electron chi connectivity index (χ0n) is 18.2. The maximum Gasteiger partial charge on any atom is 0.230 e. The van der Waals surface area contributed by atoms with Crippen molar-refractivity contribution < 1.29 is 4.79 Å². The predicted octanol–water partition coefficient (Wildman–Crippen LogP) is 6.61. The number of thioether (sulfide) groups is 1. The van der Waals surface area contributed by atoms with E-state index in [1.807, 2.05) is 24.4 Å². The summed E-state index contributed by atoms with van der Waals surface area (Å²) in [6.07, 6.45) is 0.970. The first-order valence-electron chi connectivity index (χ1n) is 10.1. The van der Waals surface area contributed by atoms with E-state index in [2.05, 4.69) is 37.9 Å². The third kappa shape index (κ3) is 4.51. The predicted molar refractivity (Wildman–Crippen MR) is 132 cm³/mol. The van der Waals surface area contributed by atoms with Crippen LogP contribution < -0.4 is 4.90 Å². The lowest BCUT2D eigenvalue weighted by molar-refractivity contribution is -0.115. The molecular weight excluding hydrogens is 444 g/mol. The number of fused-ring (bicyclic) bond motifs is 1.